The minimum absolute atomic E-state index is 0.0553. The second kappa shape index (κ2) is 4.73. The second-order valence-corrected chi connectivity index (χ2v) is 4.78. The van der Waals surface area contributed by atoms with Gasteiger partial charge in [0.05, 0.1) is 11.1 Å². The number of hydroxylamine groups is 2. The maximum absolute atomic E-state index is 12.1. The van der Waals surface area contributed by atoms with Crippen LogP contribution in [0.25, 0.3) is 5.65 Å². The van der Waals surface area contributed by atoms with E-state index in [-0.39, 0.29) is 16.8 Å². The molecule has 0 atom stereocenters. The van der Waals surface area contributed by atoms with Gasteiger partial charge in [0.2, 0.25) is 0 Å². The van der Waals surface area contributed by atoms with Crippen molar-refractivity contribution in [2.24, 2.45) is 0 Å². The number of aromatic nitrogens is 3. The third kappa shape index (κ3) is 1.96. The number of benzene rings is 1. The van der Waals surface area contributed by atoms with Crippen LogP contribution in [0, 0.1) is 0 Å². The SMILES string of the molecule is O=C(ON1C(=O)c2ccccc2C1=O)c1cc2ncccn2n1. The second-order valence-electron chi connectivity index (χ2n) is 4.78. The van der Waals surface area contributed by atoms with E-state index < -0.39 is 17.8 Å². The Labute approximate surface area is 128 Å². The number of hydrogen-bond acceptors (Lipinski definition) is 6. The fraction of sp³-hybridized carbons (Fsp3) is 0. The lowest BCUT2D eigenvalue weighted by Crippen LogP contribution is -2.32. The summed E-state index contributed by atoms with van der Waals surface area (Å²) in [7, 11) is 0. The molecule has 4 rings (SSSR count). The number of nitrogens with zero attached hydrogens (tertiary/aromatic N) is 4. The Morgan fingerprint density at radius 3 is 2.39 bits per heavy atom. The van der Waals surface area contributed by atoms with Crippen LogP contribution in [0.4, 0.5) is 0 Å². The lowest BCUT2D eigenvalue weighted by Gasteiger charge is -2.11. The zero-order valence-corrected chi connectivity index (χ0v) is 11.5. The van der Waals surface area contributed by atoms with E-state index in [9.17, 15) is 14.4 Å². The predicted octanol–water partition coefficient (Wildman–Crippen LogP) is 1.10. The molecule has 0 spiro atoms. The van der Waals surface area contributed by atoms with Crippen molar-refractivity contribution < 1.29 is 19.2 Å². The van der Waals surface area contributed by atoms with Crippen LogP contribution in [0.1, 0.15) is 31.2 Å². The van der Waals surface area contributed by atoms with E-state index >= 15 is 0 Å². The average Bonchev–Trinajstić information content (AvgIpc) is 3.11. The van der Waals surface area contributed by atoms with Crippen molar-refractivity contribution in [3.8, 4) is 0 Å². The van der Waals surface area contributed by atoms with E-state index in [1.807, 2.05) is 0 Å². The summed E-state index contributed by atoms with van der Waals surface area (Å²) >= 11 is 0. The summed E-state index contributed by atoms with van der Waals surface area (Å²) in [6, 6.07) is 9.31. The first-order valence-corrected chi connectivity index (χ1v) is 6.65. The number of imide groups is 1. The largest absolute Gasteiger partial charge is 0.384 e. The first kappa shape index (κ1) is 13.1. The molecule has 0 radical (unpaired) electrons. The van der Waals surface area contributed by atoms with Crippen LogP contribution in [-0.4, -0.2) is 37.4 Å². The molecule has 1 aliphatic heterocycles. The van der Waals surface area contributed by atoms with Crippen LogP contribution in [0.3, 0.4) is 0 Å². The summed E-state index contributed by atoms with van der Waals surface area (Å²) < 4.78 is 1.39. The number of amides is 2. The summed E-state index contributed by atoms with van der Waals surface area (Å²) in [6.45, 7) is 0. The summed E-state index contributed by atoms with van der Waals surface area (Å²) in [4.78, 5) is 45.4. The molecule has 0 unspecified atom stereocenters. The molecule has 0 N–H and O–H groups in total. The molecule has 23 heavy (non-hydrogen) atoms. The van der Waals surface area contributed by atoms with Gasteiger partial charge in [-0.15, -0.1) is 0 Å². The minimum atomic E-state index is -0.912. The third-order valence-electron chi connectivity index (χ3n) is 3.38. The predicted molar refractivity (Wildman–Crippen MR) is 75.3 cm³/mol. The fourth-order valence-corrected chi connectivity index (χ4v) is 2.31. The van der Waals surface area contributed by atoms with E-state index in [2.05, 4.69) is 10.1 Å². The highest BCUT2D eigenvalue weighted by atomic mass is 16.7. The van der Waals surface area contributed by atoms with Crippen LogP contribution in [0.5, 0.6) is 0 Å². The molecule has 2 amide bonds. The van der Waals surface area contributed by atoms with Crippen LogP contribution < -0.4 is 0 Å². The summed E-state index contributed by atoms with van der Waals surface area (Å²) in [5.41, 5.74) is 0.783. The Kier molecular flexibility index (Phi) is 2.70. The van der Waals surface area contributed by atoms with Crippen molar-refractivity contribution in [3.05, 3.63) is 65.6 Å². The van der Waals surface area contributed by atoms with E-state index in [1.54, 1.807) is 30.6 Å². The first-order valence-electron chi connectivity index (χ1n) is 6.65. The normalized spacial score (nSPS) is 13.5. The van der Waals surface area contributed by atoms with Gasteiger partial charge in [-0.05, 0) is 18.2 Å². The van der Waals surface area contributed by atoms with E-state index in [4.69, 9.17) is 4.84 Å². The van der Waals surface area contributed by atoms with Crippen LogP contribution in [0.2, 0.25) is 0 Å². The van der Waals surface area contributed by atoms with Crippen LogP contribution in [-0.2, 0) is 4.84 Å². The van der Waals surface area contributed by atoms with Crippen molar-refractivity contribution in [2.45, 2.75) is 0 Å². The Hall–Kier alpha value is -3.55. The monoisotopic (exact) mass is 308 g/mol. The Balaban J connectivity index is 1.62. The molecule has 0 aliphatic carbocycles. The van der Waals surface area contributed by atoms with Crippen molar-refractivity contribution >= 4 is 23.4 Å². The molecule has 1 aliphatic rings. The Morgan fingerprint density at radius 2 is 1.74 bits per heavy atom. The maximum Gasteiger partial charge on any atom is 0.384 e. The van der Waals surface area contributed by atoms with E-state index in [1.165, 1.54) is 22.7 Å². The summed E-state index contributed by atoms with van der Waals surface area (Å²) in [5, 5.41) is 4.43. The lowest BCUT2D eigenvalue weighted by molar-refractivity contribution is -0.0588. The van der Waals surface area contributed by atoms with Gasteiger partial charge < -0.3 is 4.84 Å². The molecular weight excluding hydrogens is 300 g/mol. The smallest absolute Gasteiger partial charge is 0.322 e. The van der Waals surface area contributed by atoms with Gasteiger partial charge in [-0.25, -0.2) is 14.3 Å². The Bertz CT molecular complexity index is 910. The molecule has 8 heteroatoms. The molecule has 0 saturated carbocycles. The van der Waals surface area contributed by atoms with E-state index in [0.29, 0.717) is 10.7 Å². The van der Waals surface area contributed by atoms with Gasteiger partial charge in [0.25, 0.3) is 11.8 Å². The van der Waals surface area contributed by atoms with Crippen molar-refractivity contribution in [2.75, 3.05) is 0 Å². The Morgan fingerprint density at radius 1 is 1.04 bits per heavy atom. The minimum Gasteiger partial charge on any atom is -0.322 e. The van der Waals surface area contributed by atoms with Gasteiger partial charge in [-0.1, -0.05) is 17.2 Å². The third-order valence-corrected chi connectivity index (χ3v) is 3.38. The van der Waals surface area contributed by atoms with Gasteiger partial charge in [-0.2, -0.15) is 5.10 Å². The zero-order valence-electron chi connectivity index (χ0n) is 11.5. The molecule has 0 bridgehead atoms. The zero-order chi connectivity index (χ0) is 16.0. The number of carbonyl (C=O) groups is 3. The molecule has 112 valence electrons. The molecule has 0 saturated heterocycles. The van der Waals surface area contributed by atoms with Crippen molar-refractivity contribution in [3.63, 3.8) is 0 Å². The van der Waals surface area contributed by atoms with Crippen LogP contribution >= 0.6 is 0 Å². The van der Waals surface area contributed by atoms with Gasteiger partial charge in [0, 0.05) is 18.5 Å². The molecule has 8 nitrogen and oxygen atoms in total. The molecule has 3 heterocycles. The highest BCUT2D eigenvalue weighted by Crippen LogP contribution is 2.23. The summed E-state index contributed by atoms with van der Waals surface area (Å²) in [6.07, 6.45) is 3.16. The number of fused-ring (bicyclic) bond motifs is 2. The van der Waals surface area contributed by atoms with Crippen molar-refractivity contribution in [1.82, 2.24) is 19.7 Å². The number of rotatable bonds is 2. The highest BCUT2D eigenvalue weighted by molar-refractivity contribution is 6.21. The van der Waals surface area contributed by atoms with Gasteiger partial charge in [0.1, 0.15) is 0 Å². The average molecular weight is 308 g/mol. The quantitative estimate of drug-likeness (QED) is 0.658. The number of carbonyl (C=O) groups excluding carboxylic acids is 3. The maximum atomic E-state index is 12.1. The highest BCUT2D eigenvalue weighted by Gasteiger charge is 2.39. The number of hydrogen-bond donors (Lipinski definition) is 0. The molecule has 2 aromatic heterocycles. The molecular formula is C15H8N4O4. The first-order chi connectivity index (χ1) is 11.1. The lowest BCUT2D eigenvalue weighted by atomic mass is 10.1. The standard InChI is InChI=1S/C15H8N4O4/c20-13-9-4-1-2-5-10(9)14(21)19(13)23-15(22)11-8-12-16-6-3-7-18(12)17-11/h1-8H. The molecule has 1 aromatic carbocycles. The fourth-order valence-electron chi connectivity index (χ4n) is 2.31. The van der Waals surface area contributed by atoms with E-state index in [0.717, 1.165) is 0 Å². The van der Waals surface area contributed by atoms with Gasteiger partial charge in [-0.3, -0.25) is 9.59 Å². The topological polar surface area (TPSA) is 93.9 Å². The van der Waals surface area contributed by atoms with Crippen LogP contribution in [0.15, 0.2) is 48.8 Å². The molecule has 3 aromatic rings. The van der Waals surface area contributed by atoms with Gasteiger partial charge in [0.15, 0.2) is 11.3 Å². The van der Waals surface area contributed by atoms with Crippen molar-refractivity contribution in [1.29, 1.82) is 0 Å². The summed E-state index contributed by atoms with van der Waals surface area (Å²) in [5.74, 6) is -2.27. The van der Waals surface area contributed by atoms with Gasteiger partial charge >= 0.3 is 5.97 Å². The molecule has 0 fully saturated rings.